The van der Waals surface area contributed by atoms with E-state index in [1.165, 1.54) is 0 Å². The van der Waals surface area contributed by atoms with Gasteiger partial charge in [0.25, 0.3) is 0 Å². The summed E-state index contributed by atoms with van der Waals surface area (Å²) in [5, 5.41) is 4.24. The number of fused-ring (bicyclic) bond motifs is 6. The van der Waals surface area contributed by atoms with Crippen LogP contribution >= 0.6 is 0 Å². The maximum atomic E-state index is 5.37. The van der Waals surface area contributed by atoms with Crippen molar-refractivity contribution in [1.29, 1.82) is 0 Å². The van der Waals surface area contributed by atoms with Crippen molar-refractivity contribution >= 4 is 43.6 Å². The Labute approximate surface area is 286 Å². The number of rotatable bonds is 5. The van der Waals surface area contributed by atoms with E-state index in [1.54, 1.807) is 0 Å². The highest BCUT2D eigenvalue weighted by Crippen LogP contribution is 2.38. The Balaban J connectivity index is 1.30. The summed E-state index contributed by atoms with van der Waals surface area (Å²) in [6.45, 7) is 0. The number of aromatic nitrogens is 7. The number of hydrogen-bond donors (Lipinski definition) is 0. The lowest BCUT2D eigenvalue weighted by molar-refractivity contribution is 0.994. The Morgan fingerprint density at radius 1 is 0.400 bits per heavy atom. The summed E-state index contributed by atoms with van der Waals surface area (Å²) in [6.07, 6.45) is 2.13. The molecule has 0 spiro atoms. The maximum Gasteiger partial charge on any atom is 0.235 e. The molecule has 7 nitrogen and oxygen atoms in total. The van der Waals surface area contributed by atoms with E-state index in [2.05, 4.69) is 82.1 Å². The number of nitrogens with zero attached hydrogens (tertiary/aromatic N) is 7. The highest BCUT2D eigenvalue weighted by molar-refractivity contribution is 6.18. The molecule has 4 aromatic heterocycles. The molecule has 0 atom stereocenters. The van der Waals surface area contributed by atoms with Gasteiger partial charge >= 0.3 is 0 Å². The van der Waals surface area contributed by atoms with Gasteiger partial charge in [0.1, 0.15) is 5.69 Å². The molecule has 0 saturated heterocycles. The molecule has 0 unspecified atom stereocenters. The molecule has 50 heavy (non-hydrogen) atoms. The van der Waals surface area contributed by atoms with Gasteiger partial charge in [0, 0.05) is 44.6 Å². The normalized spacial score (nSPS) is 11.6. The highest BCUT2D eigenvalue weighted by atomic mass is 15.2. The quantitative estimate of drug-likeness (QED) is 0.187. The van der Waals surface area contributed by atoms with Crippen LogP contribution in [0.4, 0.5) is 0 Å². The minimum atomic E-state index is 0.483. The summed E-state index contributed by atoms with van der Waals surface area (Å²) in [5.74, 6) is 2.19. The molecule has 4 heterocycles. The summed E-state index contributed by atoms with van der Waals surface area (Å²) in [6, 6.07) is 53.6. The van der Waals surface area contributed by atoms with E-state index in [-0.39, 0.29) is 0 Å². The van der Waals surface area contributed by atoms with Crippen molar-refractivity contribution in [1.82, 2.24) is 34.1 Å². The molecule has 10 aromatic rings. The topological polar surface area (TPSA) is 74.3 Å². The van der Waals surface area contributed by atoms with E-state index in [1.807, 2.05) is 91.0 Å². The van der Waals surface area contributed by atoms with Crippen molar-refractivity contribution in [3.63, 3.8) is 0 Å². The Bertz CT molecular complexity index is 2800. The summed E-state index contributed by atoms with van der Waals surface area (Å²) in [7, 11) is 0. The molecule has 0 aliphatic carbocycles. The third-order valence-electron chi connectivity index (χ3n) is 9.22. The van der Waals surface area contributed by atoms with Crippen molar-refractivity contribution in [2.45, 2.75) is 0 Å². The predicted molar refractivity (Wildman–Crippen MR) is 200 cm³/mol. The van der Waals surface area contributed by atoms with Gasteiger partial charge in [-0.15, -0.1) is 0 Å². The fraction of sp³-hybridized carbons (Fsp3) is 0. The molecule has 0 aliphatic heterocycles. The largest absolute Gasteiger partial charge is 0.315 e. The van der Waals surface area contributed by atoms with Gasteiger partial charge in [-0.2, -0.15) is 0 Å². The van der Waals surface area contributed by atoms with E-state index in [4.69, 9.17) is 24.9 Å². The van der Waals surface area contributed by atoms with Crippen molar-refractivity contribution in [3.8, 4) is 45.9 Å². The molecule has 0 fully saturated rings. The lowest BCUT2D eigenvalue weighted by atomic mass is 10.1. The second-order valence-corrected chi connectivity index (χ2v) is 12.2. The second kappa shape index (κ2) is 11.3. The third-order valence-corrected chi connectivity index (χ3v) is 9.22. The predicted octanol–water partition coefficient (Wildman–Crippen LogP) is 9.86. The first-order valence-electron chi connectivity index (χ1n) is 16.5. The minimum absolute atomic E-state index is 0.483. The Morgan fingerprint density at radius 2 is 1.00 bits per heavy atom. The molecular weight excluding hydrogens is 615 g/mol. The maximum absolute atomic E-state index is 5.37. The summed E-state index contributed by atoms with van der Waals surface area (Å²) in [5.41, 5.74) is 7.45. The van der Waals surface area contributed by atoms with Crippen LogP contribution in [0.3, 0.4) is 0 Å². The summed E-state index contributed by atoms with van der Waals surface area (Å²) in [4.78, 5) is 25.7. The zero-order valence-corrected chi connectivity index (χ0v) is 26.7. The average molecular weight is 642 g/mol. The van der Waals surface area contributed by atoms with E-state index in [0.717, 1.165) is 60.4 Å². The molecule has 0 radical (unpaired) electrons. The number of para-hydroxylation sites is 3. The van der Waals surface area contributed by atoms with Gasteiger partial charge in [-0.05, 0) is 30.3 Å². The first-order chi connectivity index (χ1) is 24.8. The zero-order chi connectivity index (χ0) is 33.0. The lowest BCUT2D eigenvalue weighted by Crippen LogP contribution is -2.07. The standard InChI is InChI=1S/C43H27N7/c1-4-14-29(15-5-1)40-46-41(30-16-6-2-7-17-30)48-42(47-40)37-34-21-10-12-22-35(34)44-43(45-37)50-36-23-13-11-20-32(36)33-25-24-28-26-27-49(38(28)39(33)50)31-18-8-3-9-19-31/h1-27H. The lowest BCUT2D eigenvalue weighted by Gasteiger charge is -2.13. The van der Waals surface area contributed by atoms with Crippen LogP contribution in [0, 0.1) is 0 Å². The van der Waals surface area contributed by atoms with Crippen molar-refractivity contribution in [2.24, 2.45) is 0 Å². The fourth-order valence-corrected chi connectivity index (χ4v) is 6.93. The van der Waals surface area contributed by atoms with Crippen molar-refractivity contribution in [3.05, 3.63) is 164 Å². The van der Waals surface area contributed by atoms with Gasteiger partial charge in [-0.25, -0.2) is 24.9 Å². The molecule has 0 saturated carbocycles. The van der Waals surface area contributed by atoms with E-state index < -0.39 is 0 Å². The second-order valence-electron chi connectivity index (χ2n) is 12.2. The molecule has 0 amide bonds. The van der Waals surface area contributed by atoms with Gasteiger partial charge in [0.2, 0.25) is 5.95 Å². The van der Waals surface area contributed by atoms with E-state index in [9.17, 15) is 0 Å². The van der Waals surface area contributed by atoms with Crippen LogP contribution in [0.2, 0.25) is 0 Å². The van der Waals surface area contributed by atoms with Crippen LogP contribution in [-0.2, 0) is 0 Å². The Kier molecular flexibility index (Phi) is 6.35. The van der Waals surface area contributed by atoms with Crippen LogP contribution in [0.5, 0.6) is 0 Å². The number of benzene rings is 6. The minimum Gasteiger partial charge on any atom is -0.315 e. The third kappa shape index (κ3) is 4.48. The summed E-state index contributed by atoms with van der Waals surface area (Å²) >= 11 is 0. The fourth-order valence-electron chi connectivity index (χ4n) is 6.93. The number of hydrogen-bond acceptors (Lipinski definition) is 5. The van der Waals surface area contributed by atoms with Crippen LogP contribution in [-0.4, -0.2) is 34.1 Å². The van der Waals surface area contributed by atoms with Gasteiger partial charge in [-0.3, -0.25) is 4.57 Å². The molecule has 0 bridgehead atoms. The van der Waals surface area contributed by atoms with Gasteiger partial charge in [0.15, 0.2) is 17.5 Å². The van der Waals surface area contributed by atoms with Crippen molar-refractivity contribution < 1.29 is 0 Å². The molecule has 6 aromatic carbocycles. The smallest absolute Gasteiger partial charge is 0.235 e. The van der Waals surface area contributed by atoms with Gasteiger partial charge in [0.05, 0.1) is 22.1 Å². The highest BCUT2D eigenvalue weighted by Gasteiger charge is 2.22. The van der Waals surface area contributed by atoms with E-state index in [0.29, 0.717) is 29.1 Å². The summed E-state index contributed by atoms with van der Waals surface area (Å²) < 4.78 is 4.44. The van der Waals surface area contributed by atoms with Crippen LogP contribution in [0.1, 0.15) is 0 Å². The first kappa shape index (κ1) is 28.1. The monoisotopic (exact) mass is 641 g/mol. The van der Waals surface area contributed by atoms with Crippen LogP contribution in [0.15, 0.2) is 164 Å². The molecular formula is C43H27N7. The van der Waals surface area contributed by atoms with Crippen LogP contribution in [0.25, 0.3) is 89.5 Å². The molecule has 0 N–H and O–H groups in total. The van der Waals surface area contributed by atoms with Crippen molar-refractivity contribution in [2.75, 3.05) is 0 Å². The SMILES string of the molecule is c1ccc(-c2nc(-c3ccccc3)nc(-c3nc(-n4c5ccccc5c5ccc6ccn(-c7ccccc7)c6c54)nc4ccccc34)n2)cc1. The van der Waals surface area contributed by atoms with Crippen LogP contribution < -0.4 is 0 Å². The molecule has 0 aliphatic rings. The van der Waals surface area contributed by atoms with Gasteiger partial charge < -0.3 is 4.57 Å². The van der Waals surface area contributed by atoms with Gasteiger partial charge in [-0.1, -0.05) is 127 Å². The zero-order valence-electron chi connectivity index (χ0n) is 26.7. The molecule has 234 valence electrons. The van der Waals surface area contributed by atoms with E-state index >= 15 is 0 Å². The molecule has 7 heteroatoms. The Morgan fingerprint density at radius 3 is 1.72 bits per heavy atom. The first-order valence-corrected chi connectivity index (χ1v) is 16.5. The molecule has 10 rings (SSSR count). The average Bonchev–Trinajstić information content (AvgIpc) is 3.78. The Hall–Kier alpha value is -6.99.